The molecule has 2 saturated heterocycles. The topological polar surface area (TPSA) is 99.7 Å². The van der Waals surface area contributed by atoms with Crippen molar-refractivity contribution in [3.8, 4) is 0 Å². The first-order valence-corrected chi connectivity index (χ1v) is 11.9. The molecule has 0 radical (unpaired) electrons. The molecule has 0 bridgehead atoms. The van der Waals surface area contributed by atoms with E-state index < -0.39 is 12.0 Å². The number of piperidine rings is 1. The number of carbonyl (C=O) groups excluding carboxylic acids is 2. The van der Waals surface area contributed by atoms with E-state index in [2.05, 4.69) is 20.6 Å². The molecule has 0 atom stereocenters. The summed E-state index contributed by atoms with van der Waals surface area (Å²) in [7, 11) is 0. The highest BCUT2D eigenvalue weighted by atomic mass is 19.4. The Morgan fingerprint density at radius 2 is 1.62 bits per heavy atom. The number of aromatic nitrogens is 2. The average molecular weight is 487 g/mol. The van der Waals surface area contributed by atoms with Gasteiger partial charge in [-0.25, -0.2) is 14.8 Å². The molecule has 12 heteroatoms. The molecule has 190 valence electrons. The zero-order valence-electron chi connectivity index (χ0n) is 19.5. The van der Waals surface area contributed by atoms with E-state index in [9.17, 15) is 22.8 Å². The van der Waals surface area contributed by atoms with Crippen LogP contribution in [0.1, 0.15) is 51.3 Å². The third-order valence-corrected chi connectivity index (χ3v) is 6.08. The lowest BCUT2D eigenvalue weighted by Gasteiger charge is -2.33. The van der Waals surface area contributed by atoms with Crippen LogP contribution in [0.5, 0.6) is 0 Å². The second kappa shape index (κ2) is 12.1. The Labute approximate surface area is 197 Å². The van der Waals surface area contributed by atoms with Crippen LogP contribution >= 0.6 is 0 Å². The van der Waals surface area contributed by atoms with Gasteiger partial charge in [0, 0.05) is 45.3 Å². The number of nitrogens with one attached hydrogen (secondary N) is 2. The van der Waals surface area contributed by atoms with Crippen molar-refractivity contribution < 1.29 is 27.5 Å². The van der Waals surface area contributed by atoms with Gasteiger partial charge in [0.25, 0.3) is 0 Å². The van der Waals surface area contributed by atoms with Gasteiger partial charge in [-0.05, 0) is 44.9 Å². The third-order valence-electron chi connectivity index (χ3n) is 6.08. The van der Waals surface area contributed by atoms with Gasteiger partial charge in [0.05, 0.1) is 13.0 Å². The Bertz CT molecular complexity index is 825. The number of hydrogen-bond donors (Lipinski definition) is 2. The van der Waals surface area contributed by atoms with Crippen molar-refractivity contribution in [2.75, 3.05) is 55.7 Å². The van der Waals surface area contributed by atoms with Crippen molar-refractivity contribution in [1.29, 1.82) is 0 Å². The molecule has 2 N–H and O–H groups in total. The summed E-state index contributed by atoms with van der Waals surface area (Å²) >= 11 is 0. The number of esters is 1. The Kier molecular flexibility index (Phi) is 9.17. The van der Waals surface area contributed by atoms with E-state index in [-0.39, 0.29) is 25.0 Å². The minimum atomic E-state index is -4.59. The zero-order chi connectivity index (χ0) is 24.6. The number of alkyl halides is 3. The van der Waals surface area contributed by atoms with Crippen LogP contribution in [-0.4, -0.2) is 67.8 Å². The van der Waals surface area contributed by atoms with Gasteiger partial charge in [-0.3, -0.25) is 4.79 Å². The van der Waals surface area contributed by atoms with Gasteiger partial charge in [-0.2, -0.15) is 13.2 Å². The molecule has 0 spiro atoms. The number of amides is 2. The van der Waals surface area contributed by atoms with Gasteiger partial charge in [0.2, 0.25) is 5.82 Å². The summed E-state index contributed by atoms with van der Waals surface area (Å²) in [4.78, 5) is 34.5. The fraction of sp³-hybridized carbons (Fsp3) is 0.727. The van der Waals surface area contributed by atoms with E-state index in [4.69, 9.17) is 4.74 Å². The highest BCUT2D eigenvalue weighted by Gasteiger charge is 2.37. The molecule has 0 saturated carbocycles. The van der Waals surface area contributed by atoms with Crippen LogP contribution in [0.15, 0.2) is 6.07 Å². The third kappa shape index (κ3) is 7.63. The second-order valence-corrected chi connectivity index (χ2v) is 8.56. The van der Waals surface area contributed by atoms with Crippen LogP contribution in [-0.2, 0) is 15.7 Å². The van der Waals surface area contributed by atoms with Crippen LogP contribution in [0.4, 0.5) is 29.6 Å². The minimum absolute atomic E-state index is 0.123. The van der Waals surface area contributed by atoms with E-state index in [1.54, 1.807) is 13.0 Å². The van der Waals surface area contributed by atoms with Crippen molar-refractivity contribution in [3.05, 3.63) is 11.9 Å². The highest BCUT2D eigenvalue weighted by molar-refractivity contribution is 5.75. The molecule has 34 heavy (non-hydrogen) atoms. The molecule has 3 rings (SSSR count). The van der Waals surface area contributed by atoms with Gasteiger partial charge in [-0.15, -0.1) is 0 Å². The fourth-order valence-electron chi connectivity index (χ4n) is 4.23. The van der Waals surface area contributed by atoms with E-state index in [1.807, 2.05) is 9.80 Å². The maximum atomic E-state index is 13.4. The molecule has 1 aromatic rings. The number of urea groups is 1. The van der Waals surface area contributed by atoms with Crippen molar-refractivity contribution in [2.24, 2.45) is 5.92 Å². The lowest BCUT2D eigenvalue weighted by atomic mass is 9.93. The first-order chi connectivity index (χ1) is 16.3. The molecule has 9 nitrogen and oxygen atoms in total. The summed E-state index contributed by atoms with van der Waals surface area (Å²) in [6.45, 7) is 5.35. The molecule has 2 aliphatic heterocycles. The van der Waals surface area contributed by atoms with E-state index >= 15 is 0 Å². The first-order valence-electron chi connectivity index (χ1n) is 11.9. The number of halogens is 3. The molecule has 0 unspecified atom stereocenters. The Morgan fingerprint density at radius 1 is 1.03 bits per heavy atom. The maximum absolute atomic E-state index is 13.4. The van der Waals surface area contributed by atoms with Crippen molar-refractivity contribution in [3.63, 3.8) is 0 Å². The molecular weight excluding hydrogens is 453 g/mol. The monoisotopic (exact) mass is 486 g/mol. The fourth-order valence-corrected chi connectivity index (χ4v) is 4.23. The quantitative estimate of drug-likeness (QED) is 0.518. The summed E-state index contributed by atoms with van der Waals surface area (Å²) in [5.74, 6) is -0.421. The largest absolute Gasteiger partial charge is 0.466 e. The zero-order valence-corrected chi connectivity index (χ0v) is 19.5. The van der Waals surface area contributed by atoms with Crippen LogP contribution < -0.4 is 20.4 Å². The smallest absolute Gasteiger partial charge is 0.451 e. The molecular formula is C22H33F3N6O3. The van der Waals surface area contributed by atoms with Crippen molar-refractivity contribution >= 4 is 23.6 Å². The molecule has 2 aliphatic rings. The van der Waals surface area contributed by atoms with Crippen LogP contribution in [0, 0.1) is 5.92 Å². The molecule has 2 amide bonds. The summed E-state index contributed by atoms with van der Waals surface area (Å²) < 4.78 is 45.0. The summed E-state index contributed by atoms with van der Waals surface area (Å²) in [6, 6.07) is 1.33. The van der Waals surface area contributed by atoms with E-state index in [0.717, 1.165) is 32.1 Å². The maximum Gasteiger partial charge on any atom is 0.451 e. The van der Waals surface area contributed by atoms with Gasteiger partial charge >= 0.3 is 18.2 Å². The molecule has 0 aromatic carbocycles. The van der Waals surface area contributed by atoms with Crippen LogP contribution in [0.3, 0.4) is 0 Å². The molecule has 2 fully saturated rings. The van der Waals surface area contributed by atoms with Gasteiger partial charge in [-0.1, -0.05) is 0 Å². The summed E-state index contributed by atoms with van der Waals surface area (Å²) in [6.07, 6.45) is -0.195. The Hall–Kier alpha value is -2.79. The lowest BCUT2D eigenvalue weighted by Crippen LogP contribution is -2.39. The van der Waals surface area contributed by atoms with Gasteiger partial charge < -0.3 is 25.2 Å². The summed E-state index contributed by atoms with van der Waals surface area (Å²) in [5, 5.41) is 5.39. The average Bonchev–Trinajstić information content (AvgIpc) is 3.34. The minimum Gasteiger partial charge on any atom is -0.466 e. The Balaban J connectivity index is 1.45. The standard InChI is InChI=1S/C22H33F3N6O3/c1-2-34-19(32)6-10-27-21(33)26-9-5-16-7-13-31(14-8-16)18-15-17(30-11-3-4-12-30)28-20(29-18)22(23,24)25/h15-16H,2-14H2,1H3,(H2,26,27,33). The lowest BCUT2D eigenvalue weighted by molar-refractivity contribution is -0.145. The van der Waals surface area contributed by atoms with Crippen LogP contribution in [0.2, 0.25) is 0 Å². The number of anilines is 2. The number of rotatable bonds is 9. The van der Waals surface area contributed by atoms with Crippen molar-refractivity contribution in [1.82, 2.24) is 20.6 Å². The van der Waals surface area contributed by atoms with Gasteiger partial charge in [0.15, 0.2) is 0 Å². The van der Waals surface area contributed by atoms with Crippen molar-refractivity contribution in [2.45, 2.75) is 51.6 Å². The highest BCUT2D eigenvalue weighted by Crippen LogP contribution is 2.32. The molecule has 3 heterocycles. The first kappa shape index (κ1) is 25.8. The Morgan fingerprint density at radius 3 is 2.21 bits per heavy atom. The SMILES string of the molecule is CCOC(=O)CCNC(=O)NCCC1CCN(c2cc(N3CCCC3)nc(C(F)(F)F)n2)CC1. The predicted octanol–water partition coefficient (Wildman–Crippen LogP) is 2.95. The van der Waals surface area contributed by atoms with Crippen LogP contribution in [0.25, 0.3) is 0 Å². The molecule has 1 aromatic heterocycles. The van der Waals surface area contributed by atoms with Gasteiger partial charge in [0.1, 0.15) is 11.6 Å². The second-order valence-electron chi connectivity index (χ2n) is 8.56. The number of carbonyl (C=O) groups is 2. The van der Waals surface area contributed by atoms with E-state index in [0.29, 0.717) is 56.9 Å². The summed E-state index contributed by atoms with van der Waals surface area (Å²) in [5.41, 5.74) is 0. The normalized spacial score (nSPS) is 17.1. The number of ether oxygens (including phenoxy) is 1. The number of nitrogens with zero attached hydrogens (tertiary/aromatic N) is 4. The molecule has 0 aliphatic carbocycles. The number of hydrogen-bond acceptors (Lipinski definition) is 7. The van der Waals surface area contributed by atoms with E-state index in [1.165, 1.54) is 0 Å². The predicted molar refractivity (Wildman–Crippen MR) is 121 cm³/mol.